The molecule has 33 heavy (non-hydrogen) atoms. The third kappa shape index (κ3) is 5.32. The Morgan fingerprint density at radius 1 is 1.15 bits per heavy atom. The summed E-state index contributed by atoms with van der Waals surface area (Å²) in [7, 11) is -3.30. The maximum atomic E-state index is 14.7. The molecule has 10 heteroatoms. The number of nitrogens with zero attached hydrogens (tertiary/aromatic N) is 2. The molecule has 0 aromatic heterocycles. The van der Waals surface area contributed by atoms with E-state index in [0.29, 0.717) is 30.6 Å². The molecule has 2 fully saturated rings. The highest BCUT2D eigenvalue weighted by Gasteiger charge is 2.57. The molecule has 1 amide bonds. The number of benzene rings is 1. The second-order valence-corrected chi connectivity index (χ2v) is 12.0. The Labute approximate surface area is 193 Å². The molecule has 4 rings (SSSR count). The van der Waals surface area contributed by atoms with Gasteiger partial charge in [0.2, 0.25) is 10.0 Å². The van der Waals surface area contributed by atoms with E-state index in [-0.39, 0.29) is 43.5 Å². The zero-order valence-electron chi connectivity index (χ0n) is 19.3. The van der Waals surface area contributed by atoms with Crippen LogP contribution in [0, 0.1) is 29.4 Å². The number of amides is 1. The van der Waals surface area contributed by atoms with E-state index >= 15 is 0 Å². The molecule has 2 unspecified atom stereocenters. The summed E-state index contributed by atoms with van der Waals surface area (Å²) in [6, 6.07) is 2.47. The number of carbonyl (C=O) groups is 1. The van der Waals surface area contributed by atoms with Crippen molar-refractivity contribution in [2.24, 2.45) is 17.8 Å². The Morgan fingerprint density at radius 3 is 2.24 bits per heavy atom. The smallest absolute Gasteiger partial charge is 0.410 e. The summed E-state index contributed by atoms with van der Waals surface area (Å²) in [5.41, 5.74) is 0.550. The molecule has 3 aliphatic rings. The first kappa shape index (κ1) is 23.9. The molecule has 1 saturated carbocycles. The number of rotatable bonds is 5. The molecule has 0 bridgehead atoms. The first-order valence-corrected chi connectivity index (χ1v) is 12.9. The number of hydrogen-bond donors (Lipinski definition) is 0. The number of hydrogen-bond acceptors (Lipinski definition) is 5. The highest BCUT2D eigenvalue weighted by atomic mass is 32.2. The maximum Gasteiger partial charge on any atom is 0.410 e. The highest BCUT2D eigenvalue weighted by molar-refractivity contribution is 7.88. The fraction of sp³-hybridized carbons (Fsp3) is 0.609. The molecule has 2 aliphatic heterocycles. The van der Waals surface area contributed by atoms with E-state index in [0.717, 1.165) is 6.26 Å². The summed E-state index contributed by atoms with van der Waals surface area (Å²) < 4.78 is 64.8. The highest BCUT2D eigenvalue weighted by Crippen LogP contribution is 2.52. The summed E-state index contributed by atoms with van der Waals surface area (Å²) in [5, 5.41) is 0. The van der Waals surface area contributed by atoms with Gasteiger partial charge in [0.05, 0.1) is 12.9 Å². The van der Waals surface area contributed by atoms with Gasteiger partial charge in [-0.3, -0.25) is 0 Å². The largest absolute Gasteiger partial charge is 0.487 e. The van der Waals surface area contributed by atoms with Crippen molar-refractivity contribution < 1.29 is 31.5 Å². The number of fused-ring (bicyclic) bond motifs is 1. The second kappa shape index (κ2) is 8.54. The fourth-order valence-electron chi connectivity index (χ4n) is 4.65. The van der Waals surface area contributed by atoms with Crippen LogP contribution < -0.4 is 4.74 Å². The van der Waals surface area contributed by atoms with Crippen LogP contribution in [0.25, 0.3) is 5.57 Å². The minimum absolute atomic E-state index is 0.158. The lowest BCUT2D eigenvalue weighted by molar-refractivity contribution is 0.0260. The van der Waals surface area contributed by atoms with Gasteiger partial charge in [-0.25, -0.2) is 22.0 Å². The zero-order chi connectivity index (χ0) is 24.1. The Bertz CT molecular complexity index is 1050. The average molecular weight is 485 g/mol. The van der Waals surface area contributed by atoms with Gasteiger partial charge in [-0.05, 0) is 62.3 Å². The Morgan fingerprint density at radius 2 is 1.76 bits per heavy atom. The van der Waals surface area contributed by atoms with Crippen LogP contribution in [-0.2, 0) is 14.8 Å². The van der Waals surface area contributed by atoms with Crippen LogP contribution in [-0.4, -0.2) is 68.4 Å². The van der Waals surface area contributed by atoms with Crippen molar-refractivity contribution in [3.63, 3.8) is 0 Å². The Kier molecular flexibility index (Phi) is 6.20. The number of likely N-dealkylation sites (tertiary alicyclic amines) is 1. The van der Waals surface area contributed by atoms with E-state index in [1.54, 1.807) is 11.0 Å². The first-order valence-electron chi connectivity index (χ1n) is 11.1. The molecule has 1 saturated heterocycles. The van der Waals surface area contributed by atoms with E-state index in [2.05, 4.69) is 0 Å². The van der Waals surface area contributed by atoms with Crippen molar-refractivity contribution in [3.8, 4) is 5.75 Å². The van der Waals surface area contributed by atoms with E-state index in [9.17, 15) is 22.0 Å². The van der Waals surface area contributed by atoms with Crippen molar-refractivity contribution >= 4 is 21.7 Å². The Hall–Kier alpha value is -2.20. The number of piperidine rings is 1. The molecule has 0 N–H and O–H groups in total. The van der Waals surface area contributed by atoms with Crippen molar-refractivity contribution in [3.05, 3.63) is 35.4 Å². The molecule has 182 valence electrons. The summed E-state index contributed by atoms with van der Waals surface area (Å²) in [6.45, 7) is 7.24. The van der Waals surface area contributed by atoms with Gasteiger partial charge in [-0.15, -0.1) is 0 Å². The number of ether oxygens (including phenoxy) is 2. The van der Waals surface area contributed by atoms with Gasteiger partial charge in [0.1, 0.15) is 5.60 Å². The Balaban J connectivity index is 1.32. The minimum Gasteiger partial charge on any atom is -0.487 e. The molecule has 0 radical (unpaired) electrons. The predicted molar refractivity (Wildman–Crippen MR) is 119 cm³/mol. The third-order valence-corrected chi connectivity index (χ3v) is 7.72. The van der Waals surface area contributed by atoms with Gasteiger partial charge < -0.3 is 14.4 Å². The van der Waals surface area contributed by atoms with E-state index < -0.39 is 33.0 Å². The molecule has 3 atom stereocenters. The molecule has 7 nitrogen and oxygen atoms in total. The van der Waals surface area contributed by atoms with E-state index in [4.69, 9.17) is 9.47 Å². The van der Waals surface area contributed by atoms with Crippen LogP contribution in [0.2, 0.25) is 0 Å². The maximum absolute atomic E-state index is 14.7. The monoisotopic (exact) mass is 484 g/mol. The van der Waals surface area contributed by atoms with Crippen LogP contribution in [0.1, 0.15) is 32.8 Å². The fourth-order valence-corrected chi connectivity index (χ4v) is 5.42. The number of carbonyl (C=O) groups excluding carboxylic acids is 1. The lowest BCUT2D eigenvalue weighted by Crippen LogP contribution is -2.37. The van der Waals surface area contributed by atoms with Crippen LogP contribution in [0.5, 0.6) is 5.75 Å². The quantitative estimate of drug-likeness (QED) is 0.640. The van der Waals surface area contributed by atoms with Crippen LogP contribution in [0.4, 0.5) is 13.6 Å². The van der Waals surface area contributed by atoms with Crippen LogP contribution in [0.3, 0.4) is 0 Å². The molecule has 1 aromatic carbocycles. The summed E-state index contributed by atoms with van der Waals surface area (Å²) >= 11 is 0. The number of halogens is 2. The van der Waals surface area contributed by atoms with E-state index in [1.807, 2.05) is 20.8 Å². The number of sulfonamides is 1. The average Bonchev–Trinajstić information content (AvgIpc) is 3.14. The van der Waals surface area contributed by atoms with Gasteiger partial charge in [-0.2, -0.15) is 4.31 Å². The topological polar surface area (TPSA) is 76.2 Å². The third-order valence-electron chi connectivity index (χ3n) is 6.45. The zero-order valence-corrected chi connectivity index (χ0v) is 20.1. The summed E-state index contributed by atoms with van der Waals surface area (Å²) in [4.78, 5) is 13.8. The normalized spacial score (nSPS) is 25.5. The van der Waals surface area contributed by atoms with Gasteiger partial charge in [0.15, 0.2) is 17.4 Å². The van der Waals surface area contributed by atoms with Crippen molar-refractivity contribution in [2.75, 3.05) is 39.0 Å². The minimum atomic E-state index is -3.30. The van der Waals surface area contributed by atoms with Crippen molar-refractivity contribution in [1.29, 1.82) is 0 Å². The summed E-state index contributed by atoms with van der Waals surface area (Å²) in [6.07, 6.45) is 2.87. The first-order chi connectivity index (χ1) is 15.3. The van der Waals surface area contributed by atoms with Crippen molar-refractivity contribution in [2.45, 2.75) is 32.8 Å². The molecule has 2 heterocycles. The van der Waals surface area contributed by atoms with E-state index in [1.165, 1.54) is 16.4 Å². The molecular formula is C23H30F2N2O5S. The van der Waals surface area contributed by atoms with Crippen LogP contribution >= 0.6 is 0 Å². The second-order valence-electron chi connectivity index (χ2n) is 10.1. The predicted octanol–water partition coefficient (Wildman–Crippen LogP) is 3.51. The SMILES string of the molecule is CC(C)(C)OC(=O)N1CC2C(COc3c(F)cc(C4=CCN(S(C)(=O)=O)CC4)cc3F)[C@@H]2C1. The van der Waals surface area contributed by atoms with Crippen LogP contribution in [0.15, 0.2) is 18.2 Å². The molecule has 1 aliphatic carbocycles. The lowest BCUT2D eigenvalue weighted by Gasteiger charge is -2.26. The molecular weight excluding hydrogens is 454 g/mol. The van der Waals surface area contributed by atoms with Gasteiger partial charge in [0, 0.05) is 32.1 Å². The van der Waals surface area contributed by atoms with Crippen molar-refractivity contribution in [1.82, 2.24) is 9.21 Å². The summed E-state index contributed by atoms with van der Waals surface area (Å²) in [5.74, 6) is -1.29. The van der Waals surface area contributed by atoms with Gasteiger partial charge in [-0.1, -0.05) is 6.08 Å². The molecule has 1 aromatic rings. The van der Waals surface area contributed by atoms with Gasteiger partial charge in [0.25, 0.3) is 0 Å². The standard InChI is InChI=1S/C23H30F2N2O5S/c1-23(2,3)32-22(28)26-11-16-17(12-26)18(16)13-31-21-19(24)9-15(10-20(21)25)14-5-7-27(8-6-14)33(4,29)30/h5,9-10,16-18H,6-8,11-13H2,1-4H3/t16-,17?,18?/m1/s1. The molecule has 0 spiro atoms. The lowest BCUT2D eigenvalue weighted by atomic mass is 10.00. The van der Waals surface area contributed by atoms with Gasteiger partial charge >= 0.3 is 6.09 Å².